The Labute approximate surface area is 156 Å². The first-order valence-electron chi connectivity index (χ1n) is 7.64. The number of ether oxygens (including phenoxy) is 1. The fourth-order valence-electron chi connectivity index (χ4n) is 2.19. The van der Waals surface area contributed by atoms with Crippen LogP contribution in [-0.4, -0.2) is 17.9 Å². The summed E-state index contributed by atoms with van der Waals surface area (Å²) in [6.07, 6.45) is -0.898. The van der Waals surface area contributed by atoms with Crippen LogP contribution < -0.4 is 15.6 Å². The van der Waals surface area contributed by atoms with Gasteiger partial charge in [0, 0.05) is 5.39 Å². The minimum atomic E-state index is -0.898. The van der Waals surface area contributed by atoms with Crippen molar-refractivity contribution in [3.05, 3.63) is 64.6 Å². The van der Waals surface area contributed by atoms with Gasteiger partial charge in [0.2, 0.25) is 0 Å². The Bertz CT molecular complexity index is 955. The zero-order chi connectivity index (χ0) is 18.7. The number of fused-ring (bicyclic) bond motifs is 1. The Morgan fingerprint density at radius 2 is 1.88 bits per heavy atom. The van der Waals surface area contributed by atoms with E-state index >= 15 is 0 Å². The second-order valence-corrected chi connectivity index (χ2v) is 6.28. The van der Waals surface area contributed by atoms with Crippen molar-refractivity contribution >= 4 is 38.7 Å². The number of carbonyl (C=O) groups is 2. The lowest BCUT2D eigenvalue weighted by molar-refractivity contribution is -0.128. The second kappa shape index (κ2) is 7.57. The molecule has 1 unspecified atom stereocenters. The minimum absolute atomic E-state index is 0.0549. The van der Waals surface area contributed by atoms with Gasteiger partial charge in [-0.1, -0.05) is 12.1 Å². The summed E-state index contributed by atoms with van der Waals surface area (Å²) in [6.45, 7) is 1.50. The molecular weight excluding hydrogens is 407 g/mol. The highest BCUT2D eigenvalue weighted by Crippen LogP contribution is 2.26. The van der Waals surface area contributed by atoms with Gasteiger partial charge in [0.25, 0.3) is 5.91 Å². The van der Waals surface area contributed by atoms with Crippen molar-refractivity contribution in [3.8, 4) is 5.75 Å². The van der Waals surface area contributed by atoms with Gasteiger partial charge in [0.05, 0.1) is 4.47 Å². The van der Waals surface area contributed by atoms with Crippen LogP contribution in [0.4, 0.5) is 4.39 Å². The third kappa shape index (κ3) is 4.02. The van der Waals surface area contributed by atoms with Crippen LogP contribution in [0.15, 0.2) is 57.4 Å². The van der Waals surface area contributed by atoms with Crippen molar-refractivity contribution in [2.75, 3.05) is 0 Å². The molecule has 2 N–H and O–H groups in total. The number of hydrogen-bond donors (Lipinski definition) is 2. The molecule has 26 heavy (non-hydrogen) atoms. The van der Waals surface area contributed by atoms with Crippen molar-refractivity contribution in [3.63, 3.8) is 0 Å². The molecule has 3 aromatic rings. The van der Waals surface area contributed by atoms with Crippen LogP contribution in [0.1, 0.15) is 17.5 Å². The molecule has 0 bridgehead atoms. The molecule has 0 saturated carbocycles. The molecule has 134 valence electrons. The smallest absolute Gasteiger partial charge is 0.305 e. The first-order valence-corrected chi connectivity index (χ1v) is 8.44. The molecule has 1 aromatic heterocycles. The van der Waals surface area contributed by atoms with E-state index in [0.717, 1.165) is 9.86 Å². The van der Waals surface area contributed by atoms with Gasteiger partial charge in [-0.25, -0.2) is 4.39 Å². The predicted octanol–water partition coefficient (Wildman–Crippen LogP) is 3.56. The van der Waals surface area contributed by atoms with E-state index in [9.17, 15) is 14.0 Å². The molecule has 0 fully saturated rings. The van der Waals surface area contributed by atoms with Crippen molar-refractivity contribution in [1.82, 2.24) is 10.9 Å². The van der Waals surface area contributed by atoms with E-state index in [1.165, 1.54) is 31.2 Å². The Hall–Kier alpha value is -2.87. The van der Waals surface area contributed by atoms with E-state index in [4.69, 9.17) is 9.15 Å². The van der Waals surface area contributed by atoms with Gasteiger partial charge in [-0.15, -0.1) is 0 Å². The average Bonchev–Trinajstić information content (AvgIpc) is 3.07. The zero-order valence-corrected chi connectivity index (χ0v) is 15.2. The summed E-state index contributed by atoms with van der Waals surface area (Å²) in [5.41, 5.74) is 5.07. The maximum Gasteiger partial charge on any atom is 0.305 e. The SMILES string of the molecule is CC(Oc1ccc(F)cc1)C(=O)NNC(=O)c1cc2cccc(Br)c2o1. The number of hydrazine groups is 1. The van der Waals surface area contributed by atoms with E-state index in [2.05, 4.69) is 26.8 Å². The molecule has 8 heteroatoms. The Balaban J connectivity index is 1.58. The Morgan fingerprint density at radius 3 is 2.58 bits per heavy atom. The first kappa shape index (κ1) is 17.9. The summed E-state index contributed by atoms with van der Waals surface area (Å²) in [5, 5.41) is 0.754. The molecule has 0 saturated heterocycles. The number of amides is 2. The maximum absolute atomic E-state index is 12.9. The third-order valence-electron chi connectivity index (χ3n) is 3.51. The predicted molar refractivity (Wildman–Crippen MR) is 96.0 cm³/mol. The molecule has 6 nitrogen and oxygen atoms in total. The standard InChI is InChI=1S/C18H14BrFN2O4/c1-10(25-13-7-5-12(20)6-8-13)17(23)21-22-18(24)15-9-11-3-2-4-14(19)16(11)26-15/h2-10H,1H3,(H,21,23)(H,22,24). The van der Waals surface area contributed by atoms with Gasteiger partial charge in [0.1, 0.15) is 17.1 Å². The first-order chi connectivity index (χ1) is 12.4. The molecule has 0 spiro atoms. The largest absolute Gasteiger partial charge is 0.481 e. The molecule has 3 rings (SSSR count). The Morgan fingerprint density at radius 1 is 1.15 bits per heavy atom. The van der Waals surface area contributed by atoms with Gasteiger partial charge < -0.3 is 9.15 Å². The van der Waals surface area contributed by atoms with Crippen LogP contribution in [0.2, 0.25) is 0 Å². The summed E-state index contributed by atoms with van der Waals surface area (Å²) in [5.74, 6) is -1.18. The number of furan rings is 1. The summed E-state index contributed by atoms with van der Waals surface area (Å²) >= 11 is 3.34. The van der Waals surface area contributed by atoms with Crippen LogP contribution in [0, 0.1) is 5.82 Å². The number of halogens is 2. The number of para-hydroxylation sites is 1. The lowest BCUT2D eigenvalue weighted by Crippen LogP contribution is -2.47. The van der Waals surface area contributed by atoms with Crippen molar-refractivity contribution in [2.24, 2.45) is 0 Å². The second-order valence-electron chi connectivity index (χ2n) is 5.43. The number of carbonyl (C=O) groups excluding carboxylic acids is 2. The van der Waals surface area contributed by atoms with E-state index < -0.39 is 23.7 Å². The lowest BCUT2D eigenvalue weighted by Gasteiger charge is -2.14. The van der Waals surface area contributed by atoms with Crippen molar-refractivity contribution in [2.45, 2.75) is 13.0 Å². The highest BCUT2D eigenvalue weighted by Gasteiger charge is 2.18. The van der Waals surface area contributed by atoms with Gasteiger partial charge in [0.15, 0.2) is 11.9 Å². The van der Waals surface area contributed by atoms with Crippen molar-refractivity contribution in [1.29, 1.82) is 0 Å². The third-order valence-corrected chi connectivity index (χ3v) is 4.14. The average molecular weight is 421 g/mol. The quantitative estimate of drug-likeness (QED) is 0.632. The van der Waals surface area contributed by atoms with Crippen LogP contribution in [0.5, 0.6) is 5.75 Å². The normalized spacial score (nSPS) is 11.8. The fourth-order valence-corrected chi connectivity index (χ4v) is 2.65. The van der Waals surface area contributed by atoms with E-state index in [1.54, 1.807) is 18.2 Å². The number of hydrogen-bond acceptors (Lipinski definition) is 4. The van der Waals surface area contributed by atoms with Crippen LogP contribution >= 0.6 is 15.9 Å². The molecule has 1 heterocycles. The molecule has 0 aliphatic carbocycles. The Kier molecular flexibility index (Phi) is 5.22. The summed E-state index contributed by atoms with van der Waals surface area (Å²) < 4.78 is 24.4. The topological polar surface area (TPSA) is 80.6 Å². The molecule has 0 radical (unpaired) electrons. The summed E-state index contributed by atoms with van der Waals surface area (Å²) in [6, 6.07) is 12.2. The van der Waals surface area contributed by atoms with Gasteiger partial charge in [-0.05, 0) is 59.3 Å². The fraction of sp³-hybridized carbons (Fsp3) is 0.111. The molecular formula is C18H14BrFN2O4. The molecule has 1 atom stereocenters. The van der Waals surface area contributed by atoms with E-state index in [-0.39, 0.29) is 5.76 Å². The highest BCUT2D eigenvalue weighted by atomic mass is 79.9. The van der Waals surface area contributed by atoms with Crippen LogP contribution in [-0.2, 0) is 4.79 Å². The van der Waals surface area contributed by atoms with Gasteiger partial charge in [-0.3, -0.25) is 20.4 Å². The maximum atomic E-state index is 12.9. The monoisotopic (exact) mass is 420 g/mol. The highest BCUT2D eigenvalue weighted by molar-refractivity contribution is 9.10. The van der Waals surface area contributed by atoms with E-state index in [0.29, 0.717) is 11.3 Å². The zero-order valence-electron chi connectivity index (χ0n) is 13.6. The van der Waals surface area contributed by atoms with E-state index in [1.807, 2.05) is 6.07 Å². The summed E-state index contributed by atoms with van der Waals surface area (Å²) in [4.78, 5) is 24.1. The molecule has 0 aliphatic rings. The molecule has 2 amide bonds. The molecule has 0 aliphatic heterocycles. The summed E-state index contributed by atoms with van der Waals surface area (Å²) in [7, 11) is 0. The van der Waals surface area contributed by atoms with Crippen LogP contribution in [0.3, 0.4) is 0 Å². The van der Waals surface area contributed by atoms with Gasteiger partial charge >= 0.3 is 5.91 Å². The lowest BCUT2D eigenvalue weighted by atomic mass is 10.2. The number of nitrogens with one attached hydrogen (secondary N) is 2. The minimum Gasteiger partial charge on any atom is -0.481 e. The number of benzene rings is 2. The van der Waals surface area contributed by atoms with Crippen molar-refractivity contribution < 1.29 is 23.1 Å². The van der Waals surface area contributed by atoms with Crippen LogP contribution in [0.25, 0.3) is 11.0 Å². The molecule has 2 aromatic carbocycles. The van der Waals surface area contributed by atoms with Gasteiger partial charge in [-0.2, -0.15) is 0 Å². The number of rotatable bonds is 4.